The number of rotatable bonds is 5. The number of nitrogens with zero attached hydrogens (tertiary/aromatic N) is 1. The number of nitrogens with one attached hydrogen (secondary N) is 1. The quantitative estimate of drug-likeness (QED) is 0.847. The largest absolute Gasteiger partial charge is 0.490 e. The zero-order valence-corrected chi connectivity index (χ0v) is 10.8. The first kappa shape index (κ1) is 12.2. The summed E-state index contributed by atoms with van der Waals surface area (Å²) in [7, 11) is 0. The molecule has 94 valence electrons. The standard InChI is InChI=1S/C14H22N2O/c1-3-9-17-13-5-4-8-15-14(13)16-12-7-6-11(2)10-12/h4-5,8,11-12H,3,6-7,9-10H2,1-2H3,(H,15,16). The number of hydrogen-bond donors (Lipinski definition) is 1. The zero-order valence-electron chi connectivity index (χ0n) is 10.8. The van der Waals surface area contributed by atoms with Gasteiger partial charge < -0.3 is 10.1 Å². The molecular formula is C14H22N2O. The third kappa shape index (κ3) is 3.35. The van der Waals surface area contributed by atoms with Gasteiger partial charge in [0.25, 0.3) is 0 Å². The topological polar surface area (TPSA) is 34.1 Å². The average Bonchev–Trinajstić information content (AvgIpc) is 2.74. The van der Waals surface area contributed by atoms with Crippen LogP contribution >= 0.6 is 0 Å². The summed E-state index contributed by atoms with van der Waals surface area (Å²) in [5, 5.41) is 3.51. The summed E-state index contributed by atoms with van der Waals surface area (Å²) >= 11 is 0. The van der Waals surface area contributed by atoms with Gasteiger partial charge in [-0.2, -0.15) is 0 Å². The first-order valence-corrected chi connectivity index (χ1v) is 6.64. The van der Waals surface area contributed by atoms with E-state index in [4.69, 9.17) is 4.74 Å². The molecule has 0 saturated heterocycles. The molecule has 0 amide bonds. The highest BCUT2D eigenvalue weighted by Crippen LogP contribution is 2.29. The molecule has 0 aromatic carbocycles. The van der Waals surface area contributed by atoms with Crippen molar-refractivity contribution >= 4 is 5.82 Å². The smallest absolute Gasteiger partial charge is 0.168 e. The van der Waals surface area contributed by atoms with Crippen molar-refractivity contribution in [1.29, 1.82) is 0 Å². The number of ether oxygens (including phenoxy) is 1. The van der Waals surface area contributed by atoms with Gasteiger partial charge in [0, 0.05) is 12.2 Å². The molecule has 1 heterocycles. The Hall–Kier alpha value is -1.25. The van der Waals surface area contributed by atoms with E-state index in [0.29, 0.717) is 6.04 Å². The Morgan fingerprint density at radius 3 is 3.06 bits per heavy atom. The van der Waals surface area contributed by atoms with Crippen molar-refractivity contribution in [1.82, 2.24) is 4.98 Å². The summed E-state index contributed by atoms with van der Waals surface area (Å²) in [6, 6.07) is 4.47. The molecule has 0 aliphatic heterocycles. The summed E-state index contributed by atoms with van der Waals surface area (Å²) in [5.41, 5.74) is 0. The fourth-order valence-corrected chi connectivity index (χ4v) is 2.36. The van der Waals surface area contributed by atoms with Crippen LogP contribution in [0.5, 0.6) is 5.75 Å². The SMILES string of the molecule is CCCOc1cccnc1NC1CCC(C)C1. The van der Waals surface area contributed by atoms with Crippen molar-refractivity contribution in [3.8, 4) is 5.75 Å². The average molecular weight is 234 g/mol. The maximum atomic E-state index is 5.70. The summed E-state index contributed by atoms with van der Waals surface area (Å²) in [5.74, 6) is 2.62. The second-order valence-corrected chi connectivity index (χ2v) is 4.96. The summed E-state index contributed by atoms with van der Waals surface area (Å²) in [4.78, 5) is 4.38. The number of pyridine rings is 1. The first-order valence-electron chi connectivity index (χ1n) is 6.64. The van der Waals surface area contributed by atoms with Gasteiger partial charge >= 0.3 is 0 Å². The van der Waals surface area contributed by atoms with E-state index in [1.807, 2.05) is 18.3 Å². The molecule has 1 N–H and O–H groups in total. The van der Waals surface area contributed by atoms with E-state index in [0.717, 1.165) is 30.5 Å². The maximum Gasteiger partial charge on any atom is 0.168 e. The monoisotopic (exact) mass is 234 g/mol. The molecule has 1 aromatic rings. The number of anilines is 1. The Kier molecular flexibility index (Phi) is 4.24. The molecule has 3 nitrogen and oxygen atoms in total. The van der Waals surface area contributed by atoms with Gasteiger partial charge in [0.05, 0.1) is 6.61 Å². The fraction of sp³-hybridized carbons (Fsp3) is 0.643. The normalized spacial score (nSPS) is 23.6. The fourth-order valence-electron chi connectivity index (χ4n) is 2.36. The molecule has 2 unspecified atom stereocenters. The molecule has 0 radical (unpaired) electrons. The minimum Gasteiger partial charge on any atom is -0.490 e. The number of hydrogen-bond acceptors (Lipinski definition) is 3. The predicted molar refractivity (Wildman–Crippen MR) is 70.4 cm³/mol. The van der Waals surface area contributed by atoms with Crippen LogP contribution in [0.3, 0.4) is 0 Å². The lowest BCUT2D eigenvalue weighted by atomic mass is 10.1. The Bertz CT molecular complexity index is 354. The highest BCUT2D eigenvalue weighted by atomic mass is 16.5. The maximum absolute atomic E-state index is 5.70. The van der Waals surface area contributed by atoms with Crippen LogP contribution in [-0.4, -0.2) is 17.6 Å². The molecule has 0 spiro atoms. The molecule has 2 atom stereocenters. The second kappa shape index (κ2) is 5.89. The number of aromatic nitrogens is 1. The van der Waals surface area contributed by atoms with Crippen LogP contribution in [-0.2, 0) is 0 Å². The van der Waals surface area contributed by atoms with E-state index in [1.54, 1.807) is 0 Å². The molecule has 1 aliphatic carbocycles. The van der Waals surface area contributed by atoms with Gasteiger partial charge in [0.15, 0.2) is 11.6 Å². The van der Waals surface area contributed by atoms with Gasteiger partial charge in [0.2, 0.25) is 0 Å². The first-order chi connectivity index (χ1) is 8.29. The predicted octanol–water partition coefficient (Wildman–Crippen LogP) is 3.47. The van der Waals surface area contributed by atoms with Crippen LogP contribution < -0.4 is 10.1 Å². The lowest BCUT2D eigenvalue weighted by molar-refractivity contribution is 0.317. The minimum atomic E-state index is 0.559. The molecule has 0 bridgehead atoms. The van der Waals surface area contributed by atoms with Gasteiger partial charge in [-0.1, -0.05) is 13.8 Å². The van der Waals surface area contributed by atoms with Gasteiger partial charge in [0.1, 0.15) is 0 Å². The summed E-state index contributed by atoms with van der Waals surface area (Å²) < 4.78 is 5.70. The minimum absolute atomic E-state index is 0.559. The van der Waals surface area contributed by atoms with E-state index in [9.17, 15) is 0 Å². The Balaban J connectivity index is 1.99. The van der Waals surface area contributed by atoms with E-state index in [-0.39, 0.29) is 0 Å². The van der Waals surface area contributed by atoms with Crippen LogP contribution in [0.15, 0.2) is 18.3 Å². The molecule has 1 aromatic heterocycles. The molecule has 1 saturated carbocycles. The Morgan fingerprint density at radius 2 is 2.35 bits per heavy atom. The van der Waals surface area contributed by atoms with Crippen LogP contribution in [0.2, 0.25) is 0 Å². The van der Waals surface area contributed by atoms with Crippen molar-refractivity contribution in [2.45, 2.75) is 45.6 Å². The molecule has 2 rings (SSSR count). The molecule has 1 aliphatic rings. The van der Waals surface area contributed by atoms with Gasteiger partial charge in [-0.25, -0.2) is 4.98 Å². The van der Waals surface area contributed by atoms with Crippen LogP contribution in [0.1, 0.15) is 39.5 Å². The lowest BCUT2D eigenvalue weighted by Gasteiger charge is -2.16. The molecule has 17 heavy (non-hydrogen) atoms. The van der Waals surface area contributed by atoms with E-state index >= 15 is 0 Å². The van der Waals surface area contributed by atoms with Crippen molar-refractivity contribution in [2.75, 3.05) is 11.9 Å². The van der Waals surface area contributed by atoms with Gasteiger partial charge in [-0.3, -0.25) is 0 Å². The van der Waals surface area contributed by atoms with Crippen molar-refractivity contribution in [3.05, 3.63) is 18.3 Å². The van der Waals surface area contributed by atoms with Gasteiger partial charge in [-0.05, 0) is 43.7 Å². The van der Waals surface area contributed by atoms with Gasteiger partial charge in [-0.15, -0.1) is 0 Å². The van der Waals surface area contributed by atoms with Crippen LogP contribution in [0.4, 0.5) is 5.82 Å². The molecule has 3 heteroatoms. The van der Waals surface area contributed by atoms with Crippen LogP contribution in [0, 0.1) is 5.92 Å². The molecule has 1 fully saturated rings. The second-order valence-electron chi connectivity index (χ2n) is 4.96. The highest BCUT2D eigenvalue weighted by Gasteiger charge is 2.22. The third-order valence-electron chi connectivity index (χ3n) is 3.27. The summed E-state index contributed by atoms with van der Waals surface area (Å²) in [6.07, 6.45) is 6.64. The van der Waals surface area contributed by atoms with E-state index in [1.165, 1.54) is 19.3 Å². The zero-order chi connectivity index (χ0) is 12.1. The third-order valence-corrected chi connectivity index (χ3v) is 3.27. The van der Waals surface area contributed by atoms with E-state index in [2.05, 4.69) is 24.1 Å². The van der Waals surface area contributed by atoms with Crippen LogP contribution in [0.25, 0.3) is 0 Å². The summed E-state index contributed by atoms with van der Waals surface area (Å²) in [6.45, 7) is 5.18. The van der Waals surface area contributed by atoms with E-state index < -0.39 is 0 Å². The van der Waals surface area contributed by atoms with Crippen molar-refractivity contribution < 1.29 is 4.74 Å². The van der Waals surface area contributed by atoms with Crippen molar-refractivity contribution in [2.24, 2.45) is 5.92 Å². The molecular weight excluding hydrogens is 212 g/mol. The Morgan fingerprint density at radius 1 is 1.47 bits per heavy atom. The Labute approximate surface area is 104 Å². The van der Waals surface area contributed by atoms with Crippen molar-refractivity contribution in [3.63, 3.8) is 0 Å². The highest BCUT2D eigenvalue weighted by molar-refractivity contribution is 5.50. The lowest BCUT2D eigenvalue weighted by Crippen LogP contribution is -2.17.